The lowest BCUT2D eigenvalue weighted by Gasteiger charge is -2.35. The van der Waals surface area contributed by atoms with Gasteiger partial charge < -0.3 is 14.7 Å². The molecule has 0 radical (unpaired) electrons. The number of carbonyl (C=O) groups is 1. The highest BCUT2D eigenvalue weighted by atomic mass is 32.2. The Morgan fingerprint density at radius 3 is 2.36 bits per heavy atom. The first-order valence-electron chi connectivity index (χ1n) is 7.92. The van der Waals surface area contributed by atoms with Crippen molar-refractivity contribution in [1.82, 2.24) is 9.21 Å². The van der Waals surface area contributed by atoms with Crippen LogP contribution in [0.1, 0.15) is 13.3 Å². The molecule has 2 aliphatic heterocycles. The predicted octanol–water partition coefficient (Wildman–Crippen LogP) is 0.868. The third kappa shape index (κ3) is 6.39. The largest absolute Gasteiger partial charge is 0.490 e. The third-order valence-electron chi connectivity index (χ3n) is 4.32. The lowest BCUT2D eigenvalue weighted by Crippen LogP contribution is -2.47. The van der Waals surface area contributed by atoms with E-state index in [1.54, 1.807) is 11.2 Å². The summed E-state index contributed by atoms with van der Waals surface area (Å²) in [4.78, 5) is 11.0. The molecule has 0 aliphatic carbocycles. The standard InChI is InChI=1S/C12H24N2O3S.C2HF3O2/c1-4-18(15,16)14-6-5-10-9-17-12(8-13(2)3)11(10)7-14;3-2(4,5)1(6)7/h10-12H,4-9H2,1-3H3;(H,6,7)/t10-,11-,12+;/m0./s1. The number of fused-ring (bicyclic) bond motifs is 1. The number of halogens is 3. The van der Waals surface area contributed by atoms with Crippen molar-refractivity contribution in [3.63, 3.8) is 0 Å². The minimum atomic E-state index is -5.08. The van der Waals surface area contributed by atoms with Crippen LogP contribution in [0.5, 0.6) is 0 Å². The quantitative estimate of drug-likeness (QED) is 0.767. The Hall–Kier alpha value is -0.910. The highest BCUT2D eigenvalue weighted by molar-refractivity contribution is 7.89. The smallest absolute Gasteiger partial charge is 0.475 e. The van der Waals surface area contributed by atoms with Crippen molar-refractivity contribution in [3.8, 4) is 0 Å². The molecule has 0 spiro atoms. The molecule has 2 saturated heterocycles. The number of rotatable bonds is 4. The van der Waals surface area contributed by atoms with E-state index in [-0.39, 0.29) is 11.9 Å². The van der Waals surface area contributed by atoms with E-state index in [1.165, 1.54) is 0 Å². The van der Waals surface area contributed by atoms with Crippen molar-refractivity contribution in [3.05, 3.63) is 0 Å². The first-order valence-corrected chi connectivity index (χ1v) is 9.53. The molecule has 0 saturated carbocycles. The van der Waals surface area contributed by atoms with Crippen LogP contribution in [0.2, 0.25) is 0 Å². The second-order valence-corrected chi connectivity index (χ2v) is 8.67. The zero-order chi connectivity index (χ0) is 19.4. The van der Waals surface area contributed by atoms with E-state index in [0.29, 0.717) is 24.9 Å². The summed E-state index contributed by atoms with van der Waals surface area (Å²) in [5.41, 5.74) is 0. The number of carboxylic acid groups (broad SMARTS) is 1. The van der Waals surface area contributed by atoms with Gasteiger partial charge in [0.1, 0.15) is 0 Å². The number of ether oxygens (including phenoxy) is 1. The van der Waals surface area contributed by atoms with Gasteiger partial charge in [0, 0.05) is 25.6 Å². The number of carboxylic acids is 1. The molecular weight excluding hydrogens is 365 g/mol. The average molecular weight is 390 g/mol. The lowest BCUT2D eigenvalue weighted by atomic mass is 9.85. The highest BCUT2D eigenvalue weighted by Gasteiger charge is 2.43. The van der Waals surface area contributed by atoms with Gasteiger partial charge in [0.05, 0.1) is 18.5 Å². The number of nitrogens with zero attached hydrogens (tertiary/aromatic N) is 2. The molecule has 148 valence electrons. The molecule has 2 rings (SSSR count). The van der Waals surface area contributed by atoms with Crippen LogP contribution in [0.3, 0.4) is 0 Å². The summed E-state index contributed by atoms with van der Waals surface area (Å²) in [6.45, 7) is 4.68. The average Bonchev–Trinajstić information content (AvgIpc) is 2.88. The molecule has 0 amide bonds. The molecule has 11 heteroatoms. The molecule has 2 aliphatic rings. The van der Waals surface area contributed by atoms with Crippen LogP contribution in [0.4, 0.5) is 13.2 Å². The Labute approximate surface area is 145 Å². The molecule has 2 fully saturated rings. The maximum Gasteiger partial charge on any atom is 0.490 e. The summed E-state index contributed by atoms with van der Waals surface area (Å²) in [6.07, 6.45) is -3.96. The number of aliphatic carboxylic acids is 1. The second kappa shape index (κ2) is 8.65. The van der Waals surface area contributed by atoms with Crippen molar-refractivity contribution in [2.45, 2.75) is 25.6 Å². The summed E-state index contributed by atoms with van der Waals surface area (Å²) in [6, 6.07) is 0. The molecular formula is C14H25F3N2O5S. The van der Waals surface area contributed by atoms with Gasteiger partial charge in [-0.25, -0.2) is 17.5 Å². The number of hydrogen-bond acceptors (Lipinski definition) is 5. The molecule has 7 nitrogen and oxygen atoms in total. The Bertz CT molecular complexity index is 553. The van der Waals surface area contributed by atoms with Crippen molar-refractivity contribution in [2.24, 2.45) is 11.8 Å². The molecule has 1 N–H and O–H groups in total. The van der Waals surface area contributed by atoms with Crippen LogP contribution < -0.4 is 0 Å². The summed E-state index contributed by atoms with van der Waals surface area (Å²) in [5, 5.41) is 7.12. The Kier molecular flexibility index (Phi) is 7.66. The van der Waals surface area contributed by atoms with Crippen molar-refractivity contribution in [1.29, 1.82) is 0 Å². The summed E-state index contributed by atoms with van der Waals surface area (Å²) in [5.74, 6) is -1.66. The van der Waals surface area contributed by atoms with Gasteiger partial charge in [-0.2, -0.15) is 13.2 Å². The zero-order valence-corrected chi connectivity index (χ0v) is 15.3. The fourth-order valence-electron chi connectivity index (χ4n) is 2.98. The van der Waals surface area contributed by atoms with Crippen molar-refractivity contribution in [2.75, 3.05) is 46.1 Å². The Morgan fingerprint density at radius 1 is 1.36 bits per heavy atom. The maximum absolute atomic E-state index is 11.9. The normalized spacial score (nSPS) is 27.6. The molecule has 0 unspecified atom stereocenters. The van der Waals surface area contributed by atoms with Crippen LogP contribution in [0.25, 0.3) is 0 Å². The number of likely N-dealkylation sites (N-methyl/N-ethyl adjacent to an activating group) is 1. The monoisotopic (exact) mass is 390 g/mol. The van der Waals surface area contributed by atoms with Crippen LogP contribution in [-0.4, -0.2) is 87.1 Å². The molecule has 0 bridgehead atoms. The van der Waals surface area contributed by atoms with E-state index in [1.807, 2.05) is 14.1 Å². The molecule has 0 aromatic rings. The molecule has 2 heterocycles. The van der Waals surface area contributed by atoms with E-state index in [2.05, 4.69) is 4.90 Å². The van der Waals surface area contributed by atoms with Crippen molar-refractivity contribution < 1.29 is 36.2 Å². The van der Waals surface area contributed by atoms with Gasteiger partial charge in [0.2, 0.25) is 10.0 Å². The first-order chi connectivity index (χ1) is 11.4. The number of piperidine rings is 1. The Morgan fingerprint density at radius 2 is 1.92 bits per heavy atom. The van der Waals surface area contributed by atoms with E-state index in [0.717, 1.165) is 19.6 Å². The number of alkyl halides is 3. The highest BCUT2D eigenvalue weighted by Crippen LogP contribution is 2.35. The van der Waals surface area contributed by atoms with E-state index in [9.17, 15) is 21.6 Å². The minimum Gasteiger partial charge on any atom is -0.475 e. The SMILES string of the molecule is CCS(=O)(=O)N1CC[C@H]2CO[C@H](CN(C)C)[C@H]2C1.O=C(O)C(F)(F)F. The van der Waals surface area contributed by atoms with Gasteiger partial charge in [-0.05, 0) is 33.4 Å². The van der Waals surface area contributed by atoms with Gasteiger partial charge in [-0.3, -0.25) is 0 Å². The molecule has 25 heavy (non-hydrogen) atoms. The van der Waals surface area contributed by atoms with Crippen molar-refractivity contribution >= 4 is 16.0 Å². The van der Waals surface area contributed by atoms with E-state index in [4.69, 9.17) is 14.6 Å². The maximum atomic E-state index is 11.9. The molecule has 3 atom stereocenters. The summed E-state index contributed by atoms with van der Waals surface area (Å²) in [7, 11) is 1.01. The van der Waals surface area contributed by atoms with Gasteiger partial charge in [-0.1, -0.05) is 0 Å². The van der Waals surface area contributed by atoms with Gasteiger partial charge >= 0.3 is 12.1 Å². The first kappa shape index (κ1) is 22.1. The van der Waals surface area contributed by atoms with Gasteiger partial charge in [0.25, 0.3) is 0 Å². The van der Waals surface area contributed by atoms with E-state index >= 15 is 0 Å². The summed E-state index contributed by atoms with van der Waals surface area (Å²) < 4.78 is 63.1. The molecule has 0 aromatic heterocycles. The minimum absolute atomic E-state index is 0.180. The zero-order valence-electron chi connectivity index (χ0n) is 14.5. The topological polar surface area (TPSA) is 87.2 Å². The lowest BCUT2D eigenvalue weighted by molar-refractivity contribution is -0.192. The number of sulfonamides is 1. The van der Waals surface area contributed by atoms with Crippen LogP contribution in [0.15, 0.2) is 0 Å². The van der Waals surface area contributed by atoms with E-state index < -0.39 is 22.2 Å². The molecule has 0 aromatic carbocycles. The van der Waals surface area contributed by atoms with Gasteiger partial charge in [-0.15, -0.1) is 0 Å². The number of hydrogen-bond donors (Lipinski definition) is 1. The fourth-order valence-corrected chi connectivity index (χ4v) is 4.13. The van der Waals surface area contributed by atoms with Crippen LogP contribution in [-0.2, 0) is 19.6 Å². The van der Waals surface area contributed by atoms with Crippen LogP contribution >= 0.6 is 0 Å². The predicted molar refractivity (Wildman–Crippen MR) is 84.6 cm³/mol. The fraction of sp³-hybridized carbons (Fsp3) is 0.929. The second-order valence-electron chi connectivity index (χ2n) is 6.41. The van der Waals surface area contributed by atoms with Crippen LogP contribution in [0, 0.1) is 11.8 Å². The Balaban J connectivity index is 0.000000381. The third-order valence-corrected chi connectivity index (χ3v) is 6.16. The summed E-state index contributed by atoms with van der Waals surface area (Å²) >= 11 is 0. The van der Waals surface area contributed by atoms with Gasteiger partial charge in [0.15, 0.2) is 0 Å².